The van der Waals surface area contributed by atoms with E-state index in [0.717, 1.165) is 5.69 Å². The molecule has 0 bridgehead atoms. The summed E-state index contributed by atoms with van der Waals surface area (Å²) in [7, 11) is 0. The second-order valence-electron chi connectivity index (χ2n) is 5.91. The second-order valence-corrected chi connectivity index (χ2v) is 5.91. The number of ether oxygens (including phenoxy) is 1. The highest BCUT2D eigenvalue weighted by molar-refractivity contribution is 5.81. The van der Waals surface area contributed by atoms with E-state index in [0.29, 0.717) is 11.2 Å². The highest BCUT2D eigenvalue weighted by Gasteiger charge is 2.44. The Bertz CT molecular complexity index is 889. The van der Waals surface area contributed by atoms with E-state index in [-0.39, 0.29) is 12.4 Å². The zero-order valence-electron chi connectivity index (χ0n) is 13.6. The highest BCUT2D eigenvalue weighted by Crippen LogP contribution is 2.32. The Morgan fingerprint density at radius 1 is 1.15 bits per heavy atom. The van der Waals surface area contributed by atoms with Gasteiger partial charge in [0, 0.05) is 0 Å². The van der Waals surface area contributed by atoms with Gasteiger partial charge in [-0.05, 0) is 12.1 Å². The fraction of sp³-hybridized carbons (Fsp3) is 0.312. The third kappa shape index (κ3) is 2.95. The molecule has 1 aliphatic heterocycles. The highest BCUT2D eigenvalue weighted by atomic mass is 16.7. The lowest BCUT2D eigenvalue weighted by Crippen LogP contribution is -2.34. The molecule has 0 spiro atoms. The number of aromatic nitrogens is 4. The number of anilines is 2. The lowest BCUT2D eigenvalue weighted by atomic mass is 10.1. The first-order valence-corrected chi connectivity index (χ1v) is 8.02. The third-order valence-electron chi connectivity index (χ3n) is 4.21. The van der Waals surface area contributed by atoms with Gasteiger partial charge >= 0.3 is 0 Å². The van der Waals surface area contributed by atoms with Gasteiger partial charge in [-0.3, -0.25) is 14.9 Å². The van der Waals surface area contributed by atoms with Crippen LogP contribution < -0.4 is 11.2 Å². The molecule has 4 atom stereocenters. The molecule has 26 heavy (non-hydrogen) atoms. The van der Waals surface area contributed by atoms with Gasteiger partial charge in [0.2, 0.25) is 0 Å². The predicted molar refractivity (Wildman–Crippen MR) is 91.7 cm³/mol. The molecular weight excluding hydrogens is 340 g/mol. The van der Waals surface area contributed by atoms with Gasteiger partial charge in [-0.25, -0.2) is 15.0 Å². The van der Waals surface area contributed by atoms with Crippen molar-refractivity contribution in [1.29, 1.82) is 0 Å². The quantitative estimate of drug-likeness (QED) is 0.466. The van der Waals surface area contributed by atoms with Crippen LogP contribution in [0.15, 0.2) is 43.0 Å². The van der Waals surface area contributed by atoms with E-state index in [1.807, 2.05) is 30.3 Å². The van der Waals surface area contributed by atoms with Crippen LogP contribution in [0.2, 0.25) is 0 Å². The number of rotatable bonds is 5. The molecule has 3 aromatic rings. The summed E-state index contributed by atoms with van der Waals surface area (Å²) < 4.78 is 7.29. The number of para-hydroxylation sites is 1. The standard InChI is InChI=1S/C16H18N6O4/c17-14-11-15(19-7-18-14)22(8-20-11)16-13(24)12(23)10(26-16)6-25-21-9-4-2-1-3-5-9/h1-5,7-8,10,12-13,16,21,23-24H,6H2,(H2,17,18,19)/t10-,12-,13-,16-/m1/s1. The molecule has 2 aromatic heterocycles. The number of aliphatic hydroxyl groups is 2. The molecule has 0 amide bonds. The number of aliphatic hydroxyl groups excluding tert-OH is 2. The van der Waals surface area contributed by atoms with Crippen molar-refractivity contribution in [1.82, 2.24) is 19.5 Å². The Morgan fingerprint density at radius 2 is 1.96 bits per heavy atom. The topological polar surface area (TPSA) is 141 Å². The van der Waals surface area contributed by atoms with Crippen LogP contribution in [0.4, 0.5) is 11.5 Å². The number of benzene rings is 1. The molecule has 0 aliphatic carbocycles. The van der Waals surface area contributed by atoms with E-state index in [1.165, 1.54) is 17.2 Å². The van der Waals surface area contributed by atoms with Crippen LogP contribution in [0.25, 0.3) is 11.2 Å². The molecule has 0 saturated carbocycles. The summed E-state index contributed by atoms with van der Waals surface area (Å²) in [5, 5.41) is 20.6. The zero-order valence-corrected chi connectivity index (χ0v) is 13.6. The summed E-state index contributed by atoms with van der Waals surface area (Å²) in [5.41, 5.74) is 10.1. The van der Waals surface area contributed by atoms with E-state index in [1.54, 1.807) is 0 Å². The summed E-state index contributed by atoms with van der Waals surface area (Å²) in [4.78, 5) is 17.5. The maximum absolute atomic E-state index is 10.4. The fourth-order valence-corrected chi connectivity index (χ4v) is 2.87. The minimum Gasteiger partial charge on any atom is -0.387 e. The van der Waals surface area contributed by atoms with Gasteiger partial charge in [0.05, 0.1) is 12.0 Å². The molecule has 1 saturated heterocycles. The van der Waals surface area contributed by atoms with Crippen LogP contribution in [0, 0.1) is 0 Å². The number of nitrogens with one attached hydrogen (secondary N) is 1. The fourth-order valence-electron chi connectivity index (χ4n) is 2.87. The van der Waals surface area contributed by atoms with Crippen molar-refractivity contribution >= 4 is 22.7 Å². The van der Waals surface area contributed by atoms with Crippen molar-refractivity contribution < 1.29 is 19.8 Å². The van der Waals surface area contributed by atoms with Gasteiger partial charge in [0.15, 0.2) is 17.7 Å². The first kappa shape index (κ1) is 16.7. The largest absolute Gasteiger partial charge is 0.387 e. The van der Waals surface area contributed by atoms with E-state index in [9.17, 15) is 10.2 Å². The molecule has 0 unspecified atom stereocenters. The number of hydrogen-bond donors (Lipinski definition) is 4. The Balaban J connectivity index is 1.46. The smallest absolute Gasteiger partial charge is 0.167 e. The summed E-state index contributed by atoms with van der Waals surface area (Å²) in [5.74, 6) is 0.230. The molecule has 5 N–H and O–H groups in total. The average Bonchev–Trinajstić information content (AvgIpc) is 3.20. The van der Waals surface area contributed by atoms with Gasteiger partial charge in [-0.2, -0.15) is 0 Å². The predicted octanol–water partition coefficient (Wildman–Crippen LogP) is 0.0714. The number of nitrogens with two attached hydrogens (primary N) is 1. The Labute approximate surface area is 148 Å². The van der Waals surface area contributed by atoms with Crippen LogP contribution in [-0.4, -0.2) is 54.7 Å². The van der Waals surface area contributed by atoms with Crippen molar-refractivity contribution in [3.05, 3.63) is 43.0 Å². The van der Waals surface area contributed by atoms with Crippen LogP contribution in [0.3, 0.4) is 0 Å². The van der Waals surface area contributed by atoms with Crippen LogP contribution in [0.1, 0.15) is 6.23 Å². The van der Waals surface area contributed by atoms with Gasteiger partial charge in [-0.15, -0.1) is 0 Å². The summed E-state index contributed by atoms with van der Waals surface area (Å²) in [6.07, 6.45) is -1.15. The van der Waals surface area contributed by atoms with Crippen molar-refractivity contribution in [2.75, 3.05) is 17.8 Å². The lowest BCUT2D eigenvalue weighted by Gasteiger charge is -2.16. The summed E-state index contributed by atoms with van der Waals surface area (Å²) >= 11 is 0. The van der Waals surface area contributed by atoms with Crippen molar-refractivity contribution in [3.63, 3.8) is 0 Å². The normalized spacial score (nSPS) is 25.6. The minimum absolute atomic E-state index is 0.0351. The molecule has 136 valence electrons. The van der Waals surface area contributed by atoms with Crippen LogP contribution >= 0.6 is 0 Å². The Kier molecular flexibility index (Phi) is 4.39. The first-order chi connectivity index (χ1) is 12.6. The maximum atomic E-state index is 10.4. The first-order valence-electron chi connectivity index (χ1n) is 8.02. The molecular formula is C16H18N6O4. The average molecular weight is 358 g/mol. The number of nitrogen functional groups attached to an aromatic ring is 1. The van der Waals surface area contributed by atoms with Gasteiger partial charge in [-0.1, -0.05) is 18.2 Å². The van der Waals surface area contributed by atoms with Crippen LogP contribution in [0.5, 0.6) is 0 Å². The second kappa shape index (κ2) is 6.84. The summed E-state index contributed by atoms with van der Waals surface area (Å²) in [6.45, 7) is 0.0351. The molecule has 4 rings (SSSR count). The number of imidazole rings is 1. The van der Waals surface area contributed by atoms with Crippen molar-refractivity contribution in [2.45, 2.75) is 24.5 Å². The third-order valence-corrected chi connectivity index (χ3v) is 4.21. The summed E-state index contributed by atoms with van der Waals surface area (Å²) in [6, 6.07) is 9.30. The minimum atomic E-state index is -1.17. The van der Waals surface area contributed by atoms with Gasteiger partial charge < -0.3 is 20.7 Å². The molecule has 3 heterocycles. The maximum Gasteiger partial charge on any atom is 0.167 e. The van der Waals surface area contributed by atoms with E-state index in [2.05, 4.69) is 20.4 Å². The van der Waals surface area contributed by atoms with E-state index >= 15 is 0 Å². The molecule has 1 aliphatic rings. The molecule has 10 heteroatoms. The number of fused-ring (bicyclic) bond motifs is 1. The molecule has 1 aromatic carbocycles. The van der Waals surface area contributed by atoms with E-state index in [4.69, 9.17) is 15.3 Å². The lowest BCUT2D eigenvalue weighted by molar-refractivity contribution is -0.0582. The van der Waals surface area contributed by atoms with Crippen molar-refractivity contribution in [2.24, 2.45) is 0 Å². The number of nitrogens with zero attached hydrogens (tertiary/aromatic N) is 4. The van der Waals surface area contributed by atoms with Crippen LogP contribution in [-0.2, 0) is 9.57 Å². The Morgan fingerprint density at radius 3 is 2.77 bits per heavy atom. The zero-order chi connectivity index (χ0) is 18.1. The number of hydrogen-bond acceptors (Lipinski definition) is 9. The molecule has 1 fully saturated rings. The van der Waals surface area contributed by atoms with E-state index < -0.39 is 24.5 Å². The molecule has 0 radical (unpaired) electrons. The van der Waals surface area contributed by atoms with Gasteiger partial charge in [0.1, 0.15) is 36.8 Å². The monoisotopic (exact) mass is 358 g/mol. The van der Waals surface area contributed by atoms with Gasteiger partial charge in [0.25, 0.3) is 0 Å². The SMILES string of the molecule is Nc1ncnc2c1ncn2[C@@H]1O[C@H](CONc2ccccc2)[C@@H](O)[C@H]1O. The van der Waals surface area contributed by atoms with Crippen molar-refractivity contribution in [3.8, 4) is 0 Å². The Hall–Kier alpha value is -2.79. The molecule has 10 nitrogen and oxygen atoms in total.